The summed E-state index contributed by atoms with van der Waals surface area (Å²) >= 11 is 3.39. The van der Waals surface area contributed by atoms with Gasteiger partial charge in [0.15, 0.2) is 5.78 Å². The summed E-state index contributed by atoms with van der Waals surface area (Å²) in [5.74, 6) is 0.0941. The Labute approximate surface area is 125 Å². The van der Waals surface area contributed by atoms with E-state index >= 15 is 0 Å². The molecule has 1 aromatic heterocycles. The van der Waals surface area contributed by atoms with Crippen molar-refractivity contribution in [3.8, 4) is 0 Å². The molecule has 0 aliphatic rings. The first-order chi connectivity index (χ1) is 9.74. The SMILES string of the molecule is O=C(Cc1ccc(Br)cc1)c1cncc2ccccc12. The van der Waals surface area contributed by atoms with Gasteiger partial charge in [-0.25, -0.2) is 0 Å². The fourth-order valence-electron chi connectivity index (χ4n) is 2.22. The lowest BCUT2D eigenvalue weighted by molar-refractivity contribution is 0.0994. The largest absolute Gasteiger partial charge is 0.294 e. The number of ketones is 1. The van der Waals surface area contributed by atoms with E-state index < -0.39 is 0 Å². The highest BCUT2D eigenvalue weighted by molar-refractivity contribution is 9.10. The van der Waals surface area contributed by atoms with Gasteiger partial charge in [-0.05, 0) is 23.1 Å². The van der Waals surface area contributed by atoms with Gasteiger partial charge in [-0.1, -0.05) is 52.3 Å². The summed E-state index contributed by atoms with van der Waals surface area (Å²) in [4.78, 5) is 16.6. The summed E-state index contributed by atoms with van der Waals surface area (Å²) in [5.41, 5.74) is 1.69. The minimum Gasteiger partial charge on any atom is -0.294 e. The second kappa shape index (κ2) is 5.55. The summed E-state index contributed by atoms with van der Waals surface area (Å²) in [7, 11) is 0. The molecule has 0 N–H and O–H groups in total. The predicted octanol–water partition coefficient (Wildman–Crippen LogP) is 4.42. The molecule has 0 aliphatic heterocycles. The van der Waals surface area contributed by atoms with Crippen LogP contribution in [0.1, 0.15) is 15.9 Å². The van der Waals surface area contributed by atoms with Gasteiger partial charge in [0.2, 0.25) is 0 Å². The average Bonchev–Trinajstić information content (AvgIpc) is 2.49. The Hall–Kier alpha value is -2.00. The average molecular weight is 326 g/mol. The topological polar surface area (TPSA) is 30.0 Å². The molecular weight excluding hydrogens is 314 g/mol. The Morgan fingerprint density at radius 2 is 1.75 bits per heavy atom. The van der Waals surface area contributed by atoms with E-state index in [1.807, 2.05) is 48.5 Å². The highest BCUT2D eigenvalue weighted by Crippen LogP contribution is 2.19. The molecule has 0 spiro atoms. The van der Waals surface area contributed by atoms with E-state index in [9.17, 15) is 4.79 Å². The molecule has 0 unspecified atom stereocenters. The summed E-state index contributed by atoms with van der Waals surface area (Å²) < 4.78 is 1.01. The first kappa shape index (κ1) is 13.0. The van der Waals surface area contributed by atoms with Crippen LogP contribution < -0.4 is 0 Å². The van der Waals surface area contributed by atoms with Crippen molar-refractivity contribution in [3.63, 3.8) is 0 Å². The molecule has 98 valence electrons. The molecule has 0 amide bonds. The van der Waals surface area contributed by atoms with Gasteiger partial charge in [0.25, 0.3) is 0 Å². The Bertz CT molecular complexity index is 760. The predicted molar refractivity (Wildman–Crippen MR) is 83.9 cm³/mol. The van der Waals surface area contributed by atoms with Gasteiger partial charge in [-0.2, -0.15) is 0 Å². The molecule has 0 aliphatic carbocycles. The van der Waals surface area contributed by atoms with E-state index in [-0.39, 0.29) is 5.78 Å². The molecule has 2 nitrogen and oxygen atoms in total. The second-order valence-electron chi connectivity index (χ2n) is 4.63. The number of aromatic nitrogens is 1. The van der Waals surface area contributed by atoms with Gasteiger partial charge >= 0.3 is 0 Å². The van der Waals surface area contributed by atoms with Crippen molar-refractivity contribution in [1.82, 2.24) is 4.98 Å². The zero-order chi connectivity index (χ0) is 13.9. The zero-order valence-corrected chi connectivity index (χ0v) is 12.3. The molecule has 0 bridgehead atoms. The number of benzene rings is 2. The van der Waals surface area contributed by atoms with Crippen molar-refractivity contribution < 1.29 is 4.79 Å². The number of pyridine rings is 1. The van der Waals surface area contributed by atoms with Crippen LogP contribution in [0, 0.1) is 0 Å². The number of Topliss-reactive ketones (excluding diaryl/α,β-unsaturated/α-hetero) is 1. The van der Waals surface area contributed by atoms with Crippen LogP contribution in [0.2, 0.25) is 0 Å². The number of carbonyl (C=O) groups is 1. The van der Waals surface area contributed by atoms with E-state index in [0.29, 0.717) is 12.0 Å². The molecule has 3 heteroatoms. The zero-order valence-electron chi connectivity index (χ0n) is 10.7. The van der Waals surface area contributed by atoms with Gasteiger partial charge in [0.1, 0.15) is 0 Å². The number of rotatable bonds is 3. The lowest BCUT2D eigenvalue weighted by atomic mass is 10.00. The number of hydrogen-bond acceptors (Lipinski definition) is 2. The smallest absolute Gasteiger partial charge is 0.169 e. The Kier molecular flexibility index (Phi) is 3.61. The number of hydrogen-bond donors (Lipinski definition) is 0. The standard InChI is InChI=1S/C17H12BrNO/c18-14-7-5-12(6-8-14)9-17(20)16-11-19-10-13-3-1-2-4-15(13)16/h1-8,10-11H,9H2. The van der Waals surface area contributed by atoms with Gasteiger partial charge in [-0.3, -0.25) is 9.78 Å². The molecule has 0 fully saturated rings. The van der Waals surface area contributed by atoms with Crippen LogP contribution >= 0.6 is 15.9 Å². The third kappa shape index (κ3) is 2.63. The molecule has 0 saturated carbocycles. The van der Waals surface area contributed by atoms with E-state index in [2.05, 4.69) is 20.9 Å². The second-order valence-corrected chi connectivity index (χ2v) is 5.55. The van der Waals surface area contributed by atoms with Gasteiger partial charge in [0.05, 0.1) is 0 Å². The van der Waals surface area contributed by atoms with E-state index in [4.69, 9.17) is 0 Å². The summed E-state index contributed by atoms with van der Waals surface area (Å²) in [6, 6.07) is 15.6. The molecule has 3 rings (SSSR count). The van der Waals surface area contributed by atoms with Crippen LogP contribution in [0.15, 0.2) is 65.4 Å². The Balaban J connectivity index is 1.94. The number of nitrogens with zero attached hydrogens (tertiary/aromatic N) is 1. The molecule has 0 atom stereocenters. The fraction of sp³-hybridized carbons (Fsp3) is 0.0588. The minimum atomic E-state index is 0.0941. The van der Waals surface area contributed by atoms with Crippen molar-refractivity contribution in [1.29, 1.82) is 0 Å². The van der Waals surface area contributed by atoms with Gasteiger partial charge < -0.3 is 0 Å². The molecule has 1 heterocycles. The molecule has 0 radical (unpaired) electrons. The molecule has 20 heavy (non-hydrogen) atoms. The van der Waals surface area contributed by atoms with Crippen molar-refractivity contribution in [3.05, 3.63) is 76.5 Å². The number of carbonyl (C=O) groups excluding carboxylic acids is 1. The van der Waals surface area contributed by atoms with Crippen LogP contribution in [-0.4, -0.2) is 10.8 Å². The molecular formula is C17H12BrNO. The highest BCUT2D eigenvalue weighted by Gasteiger charge is 2.11. The van der Waals surface area contributed by atoms with Crippen LogP contribution in [-0.2, 0) is 6.42 Å². The number of fused-ring (bicyclic) bond motifs is 1. The van der Waals surface area contributed by atoms with Gasteiger partial charge in [-0.15, -0.1) is 0 Å². The molecule has 0 saturated heterocycles. The van der Waals surface area contributed by atoms with Crippen molar-refractivity contribution >= 4 is 32.5 Å². The monoisotopic (exact) mass is 325 g/mol. The van der Waals surface area contributed by atoms with Crippen LogP contribution in [0.25, 0.3) is 10.8 Å². The van der Waals surface area contributed by atoms with Crippen molar-refractivity contribution in [2.24, 2.45) is 0 Å². The van der Waals surface area contributed by atoms with Crippen molar-refractivity contribution in [2.45, 2.75) is 6.42 Å². The van der Waals surface area contributed by atoms with Gasteiger partial charge in [0, 0.05) is 34.2 Å². The maximum atomic E-state index is 12.5. The Morgan fingerprint density at radius 3 is 2.55 bits per heavy atom. The van der Waals surface area contributed by atoms with E-state index in [1.54, 1.807) is 12.4 Å². The Morgan fingerprint density at radius 1 is 1.00 bits per heavy atom. The lowest BCUT2D eigenvalue weighted by Gasteiger charge is -2.05. The first-order valence-corrected chi connectivity index (χ1v) is 7.14. The quantitative estimate of drug-likeness (QED) is 0.667. The normalized spacial score (nSPS) is 10.7. The van der Waals surface area contributed by atoms with Crippen LogP contribution in [0.4, 0.5) is 0 Å². The molecule has 3 aromatic rings. The minimum absolute atomic E-state index is 0.0941. The maximum absolute atomic E-state index is 12.5. The summed E-state index contributed by atoms with van der Waals surface area (Å²) in [5, 5.41) is 1.96. The summed E-state index contributed by atoms with van der Waals surface area (Å²) in [6.45, 7) is 0. The summed E-state index contributed by atoms with van der Waals surface area (Å²) in [6.07, 6.45) is 3.83. The fourth-order valence-corrected chi connectivity index (χ4v) is 2.49. The first-order valence-electron chi connectivity index (χ1n) is 6.34. The highest BCUT2D eigenvalue weighted by atomic mass is 79.9. The van der Waals surface area contributed by atoms with E-state index in [1.165, 1.54) is 0 Å². The van der Waals surface area contributed by atoms with Crippen molar-refractivity contribution in [2.75, 3.05) is 0 Å². The van der Waals surface area contributed by atoms with Crippen LogP contribution in [0.3, 0.4) is 0 Å². The number of halogens is 1. The third-order valence-electron chi connectivity index (χ3n) is 3.25. The maximum Gasteiger partial charge on any atom is 0.169 e. The van der Waals surface area contributed by atoms with E-state index in [0.717, 1.165) is 20.8 Å². The lowest BCUT2D eigenvalue weighted by Crippen LogP contribution is -2.04. The third-order valence-corrected chi connectivity index (χ3v) is 3.78. The van der Waals surface area contributed by atoms with Crippen LogP contribution in [0.5, 0.6) is 0 Å². The molecule has 2 aromatic carbocycles.